The normalized spacial score (nSPS) is 21.4. The summed E-state index contributed by atoms with van der Waals surface area (Å²) in [6.45, 7) is 4.96. The van der Waals surface area contributed by atoms with Gasteiger partial charge in [-0.15, -0.1) is 6.42 Å². The lowest BCUT2D eigenvalue weighted by Gasteiger charge is -2.37. The molecule has 1 aromatic rings. The van der Waals surface area contributed by atoms with Crippen molar-refractivity contribution >= 4 is 15.9 Å². The van der Waals surface area contributed by atoms with Crippen LogP contribution in [0.3, 0.4) is 0 Å². The van der Waals surface area contributed by atoms with E-state index in [9.17, 15) is 13.2 Å². The average molecular weight is 422 g/mol. The molecule has 2 saturated heterocycles. The van der Waals surface area contributed by atoms with Gasteiger partial charge in [0.1, 0.15) is 0 Å². The first kappa shape index (κ1) is 21.7. The van der Waals surface area contributed by atoms with Crippen LogP contribution >= 0.6 is 0 Å². The summed E-state index contributed by atoms with van der Waals surface area (Å²) in [6, 6.07) is 6.00. The molecule has 0 spiro atoms. The molecule has 8 nitrogen and oxygen atoms in total. The molecular formula is C20H27N3O5S. The standard InChI is InChI=1S/C20H27N3O5S/c1-2-8-22-29(25,26)18-5-3-16(4-6-18)20(24)21-14-19(17-7-11-28-15-17)23-9-12-27-13-10-23/h1,3-6,17,19,22H,7-15H2,(H,21,24). The van der Waals surface area contributed by atoms with E-state index in [1.807, 2.05) is 0 Å². The highest BCUT2D eigenvalue weighted by molar-refractivity contribution is 7.89. The van der Waals surface area contributed by atoms with E-state index in [-0.39, 0.29) is 23.4 Å². The van der Waals surface area contributed by atoms with Crippen molar-refractivity contribution in [3.63, 3.8) is 0 Å². The number of rotatable bonds is 8. The van der Waals surface area contributed by atoms with Crippen molar-refractivity contribution in [2.75, 3.05) is 52.6 Å². The summed E-state index contributed by atoms with van der Waals surface area (Å²) >= 11 is 0. The molecule has 0 saturated carbocycles. The maximum Gasteiger partial charge on any atom is 0.251 e. The maximum absolute atomic E-state index is 12.6. The minimum Gasteiger partial charge on any atom is -0.381 e. The van der Waals surface area contributed by atoms with E-state index in [0.717, 1.165) is 26.1 Å². The third-order valence-corrected chi connectivity index (χ3v) is 6.70. The lowest BCUT2D eigenvalue weighted by Crippen LogP contribution is -2.52. The molecule has 158 valence electrons. The molecule has 9 heteroatoms. The SMILES string of the molecule is C#CCNS(=O)(=O)c1ccc(C(=O)NCC(C2CCOC2)N2CCOCC2)cc1. The summed E-state index contributed by atoms with van der Waals surface area (Å²) in [5.41, 5.74) is 0.407. The van der Waals surface area contributed by atoms with Crippen molar-refractivity contribution in [1.82, 2.24) is 14.9 Å². The predicted molar refractivity (Wildman–Crippen MR) is 108 cm³/mol. The predicted octanol–water partition coefficient (Wildman–Crippen LogP) is 0.0652. The number of ether oxygens (including phenoxy) is 2. The van der Waals surface area contributed by atoms with Gasteiger partial charge in [-0.1, -0.05) is 5.92 Å². The fraction of sp³-hybridized carbons (Fsp3) is 0.550. The quantitative estimate of drug-likeness (QED) is 0.577. The largest absolute Gasteiger partial charge is 0.381 e. The topological polar surface area (TPSA) is 97.0 Å². The van der Waals surface area contributed by atoms with Crippen LogP contribution in [0.25, 0.3) is 0 Å². The number of carbonyl (C=O) groups excluding carboxylic acids is 1. The minimum absolute atomic E-state index is 0.0681. The third-order valence-electron chi connectivity index (χ3n) is 5.29. The van der Waals surface area contributed by atoms with Gasteiger partial charge in [0.15, 0.2) is 0 Å². The summed E-state index contributed by atoms with van der Waals surface area (Å²) in [4.78, 5) is 15.0. The van der Waals surface area contributed by atoms with Crippen LogP contribution in [0.4, 0.5) is 0 Å². The molecule has 1 amide bonds. The monoisotopic (exact) mass is 421 g/mol. The zero-order chi connectivity index (χ0) is 20.7. The Kier molecular flexibility index (Phi) is 7.64. The Labute approximate surface area is 172 Å². The zero-order valence-electron chi connectivity index (χ0n) is 16.3. The summed E-state index contributed by atoms with van der Waals surface area (Å²) in [5.74, 6) is 2.37. The Morgan fingerprint density at radius 2 is 1.93 bits per heavy atom. The molecule has 2 atom stereocenters. The smallest absolute Gasteiger partial charge is 0.251 e. The van der Waals surface area contributed by atoms with Gasteiger partial charge < -0.3 is 14.8 Å². The molecule has 0 bridgehead atoms. The van der Waals surface area contributed by atoms with E-state index >= 15 is 0 Å². The van der Waals surface area contributed by atoms with E-state index in [0.29, 0.717) is 37.8 Å². The number of morpholine rings is 1. The van der Waals surface area contributed by atoms with Crippen molar-refractivity contribution in [2.45, 2.75) is 17.4 Å². The fourth-order valence-electron chi connectivity index (χ4n) is 3.66. The van der Waals surface area contributed by atoms with Gasteiger partial charge in [-0.2, -0.15) is 4.72 Å². The first-order valence-corrected chi connectivity index (χ1v) is 11.2. The molecule has 3 rings (SSSR count). The molecule has 2 aliphatic rings. The number of amides is 1. The van der Waals surface area contributed by atoms with E-state index in [1.165, 1.54) is 24.3 Å². The number of carbonyl (C=O) groups is 1. The highest BCUT2D eigenvalue weighted by Crippen LogP contribution is 2.22. The molecule has 2 N–H and O–H groups in total. The van der Waals surface area contributed by atoms with Crippen LogP contribution in [0.5, 0.6) is 0 Å². The van der Waals surface area contributed by atoms with E-state index in [4.69, 9.17) is 15.9 Å². The Hall–Kier alpha value is -1.96. The third kappa shape index (κ3) is 5.78. The molecular weight excluding hydrogens is 394 g/mol. The van der Waals surface area contributed by atoms with Gasteiger partial charge in [0.25, 0.3) is 5.91 Å². The maximum atomic E-state index is 12.6. The number of benzene rings is 1. The lowest BCUT2D eigenvalue weighted by atomic mass is 9.96. The molecule has 2 aliphatic heterocycles. The number of nitrogens with one attached hydrogen (secondary N) is 2. The van der Waals surface area contributed by atoms with Crippen LogP contribution < -0.4 is 10.0 Å². The Morgan fingerprint density at radius 3 is 2.55 bits per heavy atom. The van der Waals surface area contributed by atoms with Crippen molar-refractivity contribution in [1.29, 1.82) is 0 Å². The van der Waals surface area contributed by atoms with Gasteiger partial charge in [-0.05, 0) is 30.7 Å². The second kappa shape index (κ2) is 10.2. The van der Waals surface area contributed by atoms with Crippen molar-refractivity contribution in [3.05, 3.63) is 29.8 Å². The Bertz CT molecular complexity index is 823. The second-order valence-electron chi connectivity index (χ2n) is 7.10. The first-order chi connectivity index (χ1) is 14.0. The molecule has 2 fully saturated rings. The van der Waals surface area contributed by atoms with E-state index in [1.54, 1.807) is 0 Å². The summed E-state index contributed by atoms with van der Waals surface area (Å²) in [7, 11) is -3.67. The van der Waals surface area contributed by atoms with Gasteiger partial charge in [0.05, 0.1) is 31.3 Å². The zero-order valence-corrected chi connectivity index (χ0v) is 17.1. The number of hydrogen-bond donors (Lipinski definition) is 2. The lowest BCUT2D eigenvalue weighted by molar-refractivity contribution is 0.00166. The number of hydrogen-bond acceptors (Lipinski definition) is 6. The highest BCUT2D eigenvalue weighted by Gasteiger charge is 2.31. The number of terminal acetylenes is 1. The fourth-order valence-corrected chi connectivity index (χ4v) is 4.60. The minimum atomic E-state index is -3.67. The molecule has 29 heavy (non-hydrogen) atoms. The van der Waals surface area contributed by atoms with E-state index in [2.05, 4.69) is 20.9 Å². The number of nitrogens with zero attached hydrogens (tertiary/aromatic N) is 1. The molecule has 2 unspecified atom stereocenters. The van der Waals surface area contributed by atoms with Crippen LogP contribution in [-0.2, 0) is 19.5 Å². The molecule has 2 heterocycles. The van der Waals surface area contributed by atoms with Gasteiger partial charge in [-0.25, -0.2) is 8.42 Å². The van der Waals surface area contributed by atoms with Gasteiger partial charge in [-0.3, -0.25) is 9.69 Å². The number of sulfonamides is 1. The molecule has 1 aromatic carbocycles. The first-order valence-electron chi connectivity index (χ1n) is 9.72. The van der Waals surface area contributed by atoms with Gasteiger partial charge >= 0.3 is 0 Å². The van der Waals surface area contributed by atoms with Crippen molar-refractivity contribution < 1.29 is 22.7 Å². The molecule has 0 aliphatic carbocycles. The van der Waals surface area contributed by atoms with Gasteiger partial charge in [0.2, 0.25) is 10.0 Å². The Balaban J connectivity index is 1.61. The highest BCUT2D eigenvalue weighted by atomic mass is 32.2. The average Bonchev–Trinajstić information content (AvgIpc) is 3.28. The summed E-state index contributed by atoms with van der Waals surface area (Å²) in [5, 5.41) is 3.00. The molecule has 0 aromatic heterocycles. The van der Waals surface area contributed by atoms with Crippen LogP contribution in [0.15, 0.2) is 29.2 Å². The second-order valence-corrected chi connectivity index (χ2v) is 8.87. The van der Waals surface area contributed by atoms with Crippen LogP contribution in [0.2, 0.25) is 0 Å². The molecule has 0 radical (unpaired) electrons. The Morgan fingerprint density at radius 1 is 1.21 bits per heavy atom. The summed E-state index contributed by atoms with van der Waals surface area (Å²) in [6.07, 6.45) is 6.07. The van der Waals surface area contributed by atoms with Crippen LogP contribution in [0.1, 0.15) is 16.8 Å². The van der Waals surface area contributed by atoms with Crippen molar-refractivity contribution in [3.8, 4) is 12.3 Å². The van der Waals surface area contributed by atoms with Crippen molar-refractivity contribution in [2.24, 2.45) is 5.92 Å². The van der Waals surface area contributed by atoms with Crippen LogP contribution in [-0.4, -0.2) is 77.9 Å². The van der Waals surface area contributed by atoms with Crippen LogP contribution in [0, 0.1) is 18.3 Å². The van der Waals surface area contributed by atoms with Gasteiger partial charge in [0, 0.05) is 43.8 Å². The summed E-state index contributed by atoms with van der Waals surface area (Å²) < 4.78 is 37.4. The van der Waals surface area contributed by atoms with E-state index < -0.39 is 10.0 Å².